The largest absolute Gasteiger partial charge is 0.394 e. The Bertz CT molecular complexity index is 488. The number of aromatic nitrogens is 2. The first-order valence-electron chi connectivity index (χ1n) is 6.27. The van der Waals surface area contributed by atoms with Gasteiger partial charge in [0, 0.05) is 13.7 Å². The van der Waals surface area contributed by atoms with Crippen LogP contribution in [0.3, 0.4) is 0 Å². The molecule has 0 radical (unpaired) electrons. The Morgan fingerprint density at radius 3 is 3.00 bits per heavy atom. The second kappa shape index (κ2) is 6.49. The van der Waals surface area contributed by atoms with Gasteiger partial charge in [0.15, 0.2) is 0 Å². The minimum Gasteiger partial charge on any atom is -0.394 e. The summed E-state index contributed by atoms with van der Waals surface area (Å²) in [5, 5.41) is 16.4. The van der Waals surface area contributed by atoms with Crippen molar-refractivity contribution in [1.29, 1.82) is 0 Å². The Labute approximate surface area is 119 Å². The van der Waals surface area contributed by atoms with E-state index < -0.39 is 0 Å². The van der Waals surface area contributed by atoms with E-state index in [0.29, 0.717) is 29.2 Å². The van der Waals surface area contributed by atoms with Crippen LogP contribution in [-0.4, -0.2) is 41.3 Å². The maximum absolute atomic E-state index is 12.1. The highest BCUT2D eigenvalue weighted by Crippen LogP contribution is 2.30. The second-order valence-corrected chi connectivity index (χ2v) is 5.58. The third-order valence-corrected chi connectivity index (χ3v) is 3.83. The standard InChI is InChI=1S/C12H18BrN3O3/c1-19-7-9(6-17)15-10-4-14-16(5-8-2-3-8)12(18)11(10)13/h4,8-9,15,17H,2-3,5-7H2,1H3. The highest BCUT2D eigenvalue weighted by molar-refractivity contribution is 9.10. The van der Waals surface area contributed by atoms with Gasteiger partial charge in [-0.3, -0.25) is 4.79 Å². The first-order chi connectivity index (χ1) is 9.15. The number of aliphatic hydroxyl groups is 1. The van der Waals surface area contributed by atoms with E-state index in [-0.39, 0.29) is 18.2 Å². The van der Waals surface area contributed by atoms with Crippen LogP contribution < -0.4 is 10.9 Å². The average Bonchev–Trinajstić information content (AvgIpc) is 3.21. The van der Waals surface area contributed by atoms with E-state index in [1.165, 1.54) is 17.5 Å². The lowest BCUT2D eigenvalue weighted by molar-refractivity contribution is 0.153. The molecule has 1 aromatic rings. The zero-order valence-corrected chi connectivity index (χ0v) is 12.4. The van der Waals surface area contributed by atoms with E-state index >= 15 is 0 Å². The van der Waals surface area contributed by atoms with Gasteiger partial charge in [-0.25, -0.2) is 4.68 Å². The Kier molecular flexibility index (Phi) is 4.95. The number of halogens is 1. The van der Waals surface area contributed by atoms with Gasteiger partial charge in [0.05, 0.1) is 31.1 Å². The molecule has 2 rings (SSSR count). The van der Waals surface area contributed by atoms with Crippen LogP contribution in [0, 0.1) is 5.92 Å². The molecule has 1 fully saturated rings. The Morgan fingerprint density at radius 2 is 2.42 bits per heavy atom. The molecule has 1 aliphatic carbocycles. The highest BCUT2D eigenvalue weighted by Gasteiger charge is 2.23. The first kappa shape index (κ1) is 14.5. The Hall–Kier alpha value is -0.920. The van der Waals surface area contributed by atoms with Gasteiger partial charge in [-0.15, -0.1) is 0 Å². The quantitative estimate of drug-likeness (QED) is 0.774. The molecule has 2 N–H and O–H groups in total. The first-order valence-corrected chi connectivity index (χ1v) is 7.07. The summed E-state index contributed by atoms with van der Waals surface area (Å²) in [6, 6.07) is -0.262. The summed E-state index contributed by atoms with van der Waals surface area (Å²) in [7, 11) is 1.56. The van der Waals surface area contributed by atoms with Gasteiger partial charge in [0.1, 0.15) is 4.47 Å². The van der Waals surface area contributed by atoms with Crippen LogP contribution in [0.5, 0.6) is 0 Å². The number of rotatable bonds is 7. The van der Waals surface area contributed by atoms with Crippen molar-refractivity contribution in [3.05, 3.63) is 21.0 Å². The van der Waals surface area contributed by atoms with E-state index in [4.69, 9.17) is 4.74 Å². The van der Waals surface area contributed by atoms with Crippen LogP contribution in [-0.2, 0) is 11.3 Å². The van der Waals surface area contributed by atoms with Gasteiger partial charge < -0.3 is 15.2 Å². The summed E-state index contributed by atoms with van der Waals surface area (Å²) in [5.74, 6) is 0.592. The smallest absolute Gasteiger partial charge is 0.283 e. The number of aliphatic hydroxyl groups excluding tert-OH is 1. The summed E-state index contributed by atoms with van der Waals surface area (Å²) < 4.78 is 6.91. The molecule has 0 aromatic carbocycles. The normalized spacial score (nSPS) is 16.4. The molecule has 1 aliphatic rings. The van der Waals surface area contributed by atoms with Crippen molar-refractivity contribution in [1.82, 2.24) is 9.78 Å². The molecule has 106 valence electrons. The fourth-order valence-corrected chi connectivity index (χ4v) is 2.22. The zero-order valence-electron chi connectivity index (χ0n) is 10.8. The van der Waals surface area contributed by atoms with E-state index in [0.717, 1.165) is 0 Å². The molecule has 7 heteroatoms. The zero-order chi connectivity index (χ0) is 13.8. The lowest BCUT2D eigenvalue weighted by atomic mass is 10.3. The summed E-state index contributed by atoms with van der Waals surface area (Å²) in [4.78, 5) is 12.1. The molecule has 0 spiro atoms. The maximum atomic E-state index is 12.1. The van der Waals surface area contributed by atoms with Crippen LogP contribution in [0.4, 0.5) is 5.69 Å². The van der Waals surface area contributed by atoms with Crippen LogP contribution in [0.15, 0.2) is 15.5 Å². The van der Waals surface area contributed by atoms with E-state index in [1.807, 2.05) is 0 Å². The van der Waals surface area contributed by atoms with Crippen LogP contribution in [0.1, 0.15) is 12.8 Å². The number of methoxy groups -OCH3 is 1. The van der Waals surface area contributed by atoms with E-state index in [1.54, 1.807) is 13.3 Å². The van der Waals surface area contributed by atoms with Crippen molar-refractivity contribution in [2.24, 2.45) is 5.92 Å². The third kappa shape index (κ3) is 3.77. The lowest BCUT2D eigenvalue weighted by Gasteiger charge is -2.17. The van der Waals surface area contributed by atoms with E-state index in [9.17, 15) is 9.90 Å². The van der Waals surface area contributed by atoms with Gasteiger partial charge in [-0.2, -0.15) is 5.10 Å². The Morgan fingerprint density at radius 1 is 1.68 bits per heavy atom. The topological polar surface area (TPSA) is 76.4 Å². The van der Waals surface area contributed by atoms with Crippen LogP contribution in [0.25, 0.3) is 0 Å². The van der Waals surface area contributed by atoms with Gasteiger partial charge in [0.25, 0.3) is 5.56 Å². The fourth-order valence-electron chi connectivity index (χ4n) is 1.80. The molecule has 1 heterocycles. The molecule has 6 nitrogen and oxygen atoms in total. The maximum Gasteiger partial charge on any atom is 0.283 e. The SMILES string of the molecule is COCC(CO)Nc1cnn(CC2CC2)c(=O)c1Br. The number of nitrogens with zero attached hydrogens (tertiary/aromatic N) is 2. The van der Waals surface area contributed by atoms with Crippen molar-refractivity contribution < 1.29 is 9.84 Å². The predicted octanol–water partition coefficient (Wildman–Crippen LogP) is 0.835. The van der Waals surface area contributed by atoms with Crippen LogP contribution >= 0.6 is 15.9 Å². The molecular weight excluding hydrogens is 314 g/mol. The number of hydrogen-bond donors (Lipinski definition) is 2. The summed E-state index contributed by atoms with van der Waals surface area (Å²) in [6.07, 6.45) is 3.95. The average molecular weight is 332 g/mol. The lowest BCUT2D eigenvalue weighted by Crippen LogP contribution is -2.31. The molecule has 1 saturated carbocycles. The number of hydrogen-bond acceptors (Lipinski definition) is 5. The molecule has 19 heavy (non-hydrogen) atoms. The summed E-state index contributed by atoms with van der Waals surface area (Å²) >= 11 is 3.29. The molecular formula is C12H18BrN3O3. The summed E-state index contributed by atoms with van der Waals surface area (Å²) in [6.45, 7) is 0.957. The number of ether oxygens (including phenoxy) is 1. The molecule has 1 atom stereocenters. The molecule has 0 amide bonds. The molecule has 0 saturated heterocycles. The highest BCUT2D eigenvalue weighted by atomic mass is 79.9. The molecule has 0 aliphatic heterocycles. The van der Waals surface area contributed by atoms with Crippen molar-refractivity contribution in [2.75, 3.05) is 25.6 Å². The van der Waals surface area contributed by atoms with E-state index in [2.05, 4.69) is 26.3 Å². The third-order valence-electron chi connectivity index (χ3n) is 3.06. The van der Waals surface area contributed by atoms with Gasteiger partial charge in [-0.05, 0) is 34.7 Å². The molecule has 1 unspecified atom stereocenters. The van der Waals surface area contributed by atoms with Crippen molar-refractivity contribution in [2.45, 2.75) is 25.4 Å². The van der Waals surface area contributed by atoms with Gasteiger partial charge in [-0.1, -0.05) is 0 Å². The second-order valence-electron chi connectivity index (χ2n) is 4.78. The molecule has 1 aromatic heterocycles. The van der Waals surface area contributed by atoms with Crippen molar-refractivity contribution in [3.63, 3.8) is 0 Å². The minimum absolute atomic E-state index is 0.0779. The van der Waals surface area contributed by atoms with Crippen molar-refractivity contribution in [3.8, 4) is 0 Å². The number of anilines is 1. The monoisotopic (exact) mass is 331 g/mol. The van der Waals surface area contributed by atoms with Crippen molar-refractivity contribution >= 4 is 21.6 Å². The van der Waals surface area contributed by atoms with Crippen LogP contribution in [0.2, 0.25) is 0 Å². The van der Waals surface area contributed by atoms with Gasteiger partial charge >= 0.3 is 0 Å². The van der Waals surface area contributed by atoms with Gasteiger partial charge in [0.2, 0.25) is 0 Å². The summed E-state index contributed by atoms with van der Waals surface area (Å²) in [5.41, 5.74) is 0.430. The predicted molar refractivity (Wildman–Crippen MR) is 75.3 cm³/mol. The number of nitrogens with one attached hydrogen (secondary N) is 1. The minimum atomic E-state index is -0.262. The Balaban J connectivity index is 2.12. The fraction of sp³-hybridized carbons (Fsp3) is 0.667. The molecule has 0 bridgehead atoms.